The number of methoxy groups -OCH3 is 1. The van der Waals surface area contributed by atoms with Gasteiger partial charge in [-0.1, -0.05) is 0 Å². The molecule has 0 bridgehead atoms. The molecule has 148 valence electrons. The maximum Gasteiger partial charge on any atom is 0.470 e. The summed E-state index contributed by atoms with van der Waals surface area (Å²) in [5, 5.41) is 9.51. The van der Waals surface area contributed by atoms with Gasteiger partial charge < -0.3 is 34.8 Å². The Balaban J connectivity index is 2.47. The maximum absolute atomic E-state index is 12.2. The van der Waals surface area contributed by atoms with E-state index >= 15 is 0 Å². The molecule has 1 fully saturated rings. The van der Waals surface area contributed by atoms with E-state index in [9.17, 15) is 14.5 Å². The molecule has 1 saturated heterocycles. The molecule has 0 amide bonds. The van der Waals surface area contributed by atoms with Crippen molar-refractivity contribution in [3.05, 3.63) is 22.2 Å². The summed E-state index contributed by atoms with van der Waals surface area (Å²) in [6.45, 7) is 2.53. The highest BCUT2D eigenvalue weighted by Gasteiger charge is 2.50. The molecule has 0 aliphatic carbocycles. The minimum Gasteiger partial charge on any atom is -0.394 e. The molecule has 0 aromatic carbocycles. The number of nitrogens with two attached hydrogens (primary N) is 1. The molecule has 26 heavy (non-hydrogen) atoms. The number of aliphatic hydroxyl groups is 1. The van der Waals surface area contributed by atoms with E-state index < -0.39 is 50.9 Å². The van der Waals surface area contributed by atoms with Gasteiger partial charge in [-0.05, 0) is 13.8 Å². The Morgan fingerprint density at radius 2 is 2.12 bits per heavy atom. The van der Waals surface area contributed by atoms with Crippen LogP contribution in [0.2, 0.25) is 0 Å². The largest absolute Gasteiger partial charge is 0.470 e. The van der Waals surface area contributed by atoms with Crippen molar-refractivity contribution in [1.82, 2.24) is 9.55 Å². The second-order valence-electron chi connectivity index (χ2n) is 5.71. The number of phosphoric acid groups is 1. The average Bonchev–Trinajstić information content (AvgIpc) is 2.86. The molecule has 0 radical (unpaired) electrons. The summed E-state index contributed by atoms with van der Waals surface area (Å²) in [4.78, 5) is 34.2. The summed E-state index contributed by atoms with van der Waals surface area (Å²) in [5.41, 5.74) is 5.32. The van der Waals surface area contributed by atoms with E-state index in [1.54, 1.807) is 6.92 Å². The first-order valence-electron chi connectivity index (χ1n) is 7.61. The fraction of sp³-hybridized carbons (Fsp3) is 0.692. The minimum atomic E-state index is -4.94. The van der Waals surface area contributed by atoms with Crippen molar-refractivity contribution >= 4 is 13.6 Å². The van der Waals surface area contributed by atoms with Crippen LogP contribution in [0.1, 0.15) is 18.7 Å². The van der Waals surface area contributed by atoms with Crippen LogP contribution in [-0.2, 0) is 23.3 Å². The monoisotopic (exact) mass is 395 g/mol. The molecule has 2 heterocycles. The summed E-state index contributed by atoms with van der Waals surface area (Å²) in [7, 11) is -3.58. The summed E-state index contributed by atoms with van der Waals surface area (Å²) in [6, 6.07) is 0. The topological polar surface area (TPSA) is 176 Å². The highest BCUT2D eigenvalue weighted by molar-refractivity contribution is 7.46. The van der Waals surface area contributed by atoms with E-state index in [1.807, 2.05) is 0 Å². The van der Waals surface area contributed by atoms with Gasteiger partial charge in [-0.25, -0.2) is 9.36 Å². The number of aliphatic hydroxyl groups excluding tert-OH is 1. The first-order valence-corrected chi connectivity index (χ1v) is 9.14. The number of ether oxygens (including phenoxy) is 3. The fourth-order valence-corrected chi connectivity index (χ4v) is 3.12. The molecular weight excluding hydrogens is 373 g/mol. The van der Waals surface area contributed by atoms with Gasteiger partial charge in [0.2, 0.25) is 0 Å². The molecular formula is C13H22N3O9P. The molecule has 1 unspecified atom stereocenters. The van der Waals surface area contributed by atoms with Gasteiger partial charge in [0.15, 0.2) is 12.5 Å². The number of hydrogen-bond donors (Lipinski definition) is 4. The lowest BCUT2D eigenvalue weighted by atomic mass is 10.1. The molecule has 2 rings (SSSR count). The normalized spacial score (nSPS) is 27.6. The third-order valence-corrected chi connectivity index (χ3v) is 4.37. The smallest absolute Gasteiger partial charge is 0.394 e. The van der Waals surface area contributed by atoms with Crippen LogP contribution in [0, 0.1) is 6.92 Å². The van der Waals surface area contributed by atoms with Crippen LogP contribution >= 0.6 is 7.82 Å². The standard InChI is InChI=1S/C13H22N3O9P/c1-6-4-16(13(18)15-11(6)14)12-10(23-7(2)22-3)9(8(5-17)24-12)25-26(19,20)21/h4,7-10,12,17H,5H2,1-3H3,(H2,14,15,18)(H2,19,20,21)/t7?,8-,9-,10-,12-/m1/s1. The van der Waals surface area contributed by atoms with Crippen molar-refractivity contribution < 1.29 is 38.2 Å². The van der Waals surface area contributed by atoms with Crippen molar-refractivity contribution in [3.8, 4) is 0 Å². The van der Waals surface area contributed by atoms with Gasteiger partial charge in [-0.15, -0.1) is 0 Å². The van der Waals surface area contributed by atoms with Crippen LogP contribution in [0.25, 0.3) is 0 Å². The van der Waals surface area contributed by atoms with Gasteiger partial charge in [-0.3, -0.25) is 9.09 Å². The van der Waals surface area contributed by atoms with Crippen LogP contribution in [0.3, 0.4) is 0 Å². The maximum atomic E-state index is 12.2. The zero-order valence-electron chi connectivity index (χ0n) is 14.4. The Hall–Kier alpha value is -1.37. The SMILES string of the molecule is COC(C)O[C@@H]1[C@H](OP(=O)(O)O)[C@@H](CO)O[C@H]1n1cc(C)c(N)nc1=O. The quantitative estimate of drug-likeness (QED) is 0.325. The summed E-state index contributed by atoms with van der Waals surface area (Å²) in [5.74, 6) is 0.0358. The Bertz CT molecular complexity index is 736. The lowest BCUT2D eigenvalue weighted by Crippen LogP contribution is -2.41. The molecule has 0 saturated carbocycles. The second kappa shape index (κ2) is 8.11. The third kappa shape index (κ3) is 4.67. The van der Waals surface area contributed by atoms with Gasteiger partial charge in [0.05, 0.1) is 6.61 Å². The minimum absolute atomic E-state index is 0.0358. The second-order valence-corrected chi connectivity index (χ2v) is 6.90. The van der Waals surface area contributed by atoms with Crippen LogP contribution in [0.15, 0.2) is 11.0 Å². The van der Waals surface area contributed by atoms with Crippen molar-refractivity contribution in [2.75, 3.05) is 19.5 Å². The van der Waals surface area contributed by atoms with Gasteiger partial charge in [-0.2, -0.15) is 4.98 Å². The summed E-state index contributed by atoms with van der Waals surface area (Å²) >= 11 is 0. The van der Waals surface area contributed by atoms with Crippen molar-refractivity contribution in [2.45, 2.75) is 44.7 Å². The van der Waals surface area contributed by atoms with Crippen molar-refractivity contribution in [2.24, 2.45) is 0 Å². The van der Waals surface area contributed by atoms with E-state index in [0.29, 0.717) is 5.56 Å². The Morgan fingerprint density at radius 3 is 2.65 bits per heavy atom. The van der Waals surface area contributed by atoms with Gasteiger partial charge >= 0.3 is 13.5 Å². The number of aryl methyl sites for hydroxylation is 1. The Labute approximate surface area is 148 Å². The van der Waals surface area contributed by atoms with Crippen molar-refractivity contribution in [1.29, 1.82) is 0 Å². The molecule has 1 aliphatic rings. The number of phosphoric ester groups is 1. The molecule has 13 heteroatoms. The molecule has 1 aromatic heterocycles. The van der Waals surface area contributed by atoms with E-state index in [4.69, 9.17) is 34.3 Å². The highest BCUT2D eigenvalue weighted by Crippen LogP contribution is 2.44. The first kappa shape index (κ1) is 20.9. The summed E-state index contributed by atoms with van der Waals surface area (Å²) < 4.78 is 33.3. The number of anilines is 1. The number of nitrogens with zero attached hydrogens (tertiary/aromatic N) is 2. The van der Waals surface area contributed by atoms with E-state index in [0.717, 1.165) is 4.57 Å². The number of rotatable bonds is 7. The van der Waals surface area contributed by atoms with E-state index in [1.165, 1.54) is 20.2 Å². The highest BCUT2D eigenvalue weighted by atomic mass is 31.2. The molecule has 0 spiro atoms. The van der Waals surface area contributed by atoms with Crippen LogP contribution in [-0.4, -0.2) is 62.8 Å². The van der Waals surface area contributed by atoms with Gasteiger partial charge in [0.1, 0.15) is 24.1 Å². The van der Waals surface area contributed by atoms with Crippen LogP contribution in [0.4, 0.5) is 5.82 Å². The molecule has 1 aliphatic heterocycles. The number of nitrogen functional groups attached to an aromatic ring is 1. The van der Waals surface area contributed by atoms with Crippen LogP contribution < -0.4 is 11.4 Å². The third-order valence-electron chi connectivity index (χ3n) is 3.85. The van der Waals surface area contributed by atoms with E-state index in [-0.39, 0.29) is 5.82 Å². The number of hydrogen-bond acceptors (Lipinski definition) is 9. The predicted molar refractivity (Wildman–Crippen MR) is 86.9 cm³/mol. The molecule has 5 atom stereocenters. The number of aromatic nitrogens is 2. The van der Waals surface area contributed by atoms with Crippen LogP contribution in [0.5, 0.6) is 0 Å². The fourth-order valence-electron chi connectivity index (χ4n) is 2.55. The van der Waals surface area contributed by atoms with Gasteiger partial charge in [0, 0.05) is 18.9 Å². The predicted octanol–water partition coefficient (Wildman–Crippen LogP) is -1.12. The molecule has 1 aromatic rings. The molecule has 12 nitrogen and oxygen atoms in total. The van der Waals surface area contributed by atoms with Gasteiger partial charge in [0.25, 0.3) is 0 Å². The summed E-state index contributed by atoms with van der Waals surface area (Å²) in [6.07, 6.45) is -4.33. The lowest BCUT2D eigenvalue weighted by Gasteiger charge is -2.27. The molecule has 5 N–H and O–H groups in total. The lowest BCUT2D eigenvalue weighted by molar-refractivity contribution is -0.181. The average molecular weight is 395 g/mol. The van der Waals surface area contributed by atoms with Crippen molar-refractivity contribution in [3.63, 3.8) is 0 Å². The zero-order chi connectivity index (χ0) is 19.6. The Morgan fingerprint density at radius 1 is 1.46 bits per heavy atom. The zero-order valence-corrected chi connectivity index (χ0v) is 15.3. The Kier molecular flexibility index (Phi) is 6.53. The van der Waals surface area contributed by atoms with E-state index in [2.05, 4.69) is 4.98 Å². The first-order chi connectivity index (χ1) is 12.1.